The fourth-order valence-corrected chi connectivity index (χ4v) is 2.46. The van der Waals surface area contributed by atoms with Crippen LogP contribution in [-0.2, 0) is 4.79 Å². The van der Waals surface area contributed by atoms with Crippen LogP contribution in [0.1, 0.15) is 11.7 Å². The van der Waals surface area contributed by atoms with Gasteiger partial charge in [0.05, 0.1) is 5.02 Å². The zero-order valence-corrected chi connectivity index (χ0v) is 10.6. The Kier molecular flexibility index (Phi) is 3.94. The van der Waals surface area contributed by atoms with E-state index in [-0.39, 0.29) is 5.56 Å². The number of rotatable bonds is 2. The second-order valence-electron chi connectivity index (χ2n) is 2.50. The van der Waals surface area contributed by atoms with Crippen molar-refractivity contribution in [1.29, 1.82) is 0 Å². The van der Waals surface area contributed by atoms with Gasteiger partial charge < -0.3 is 10.2 Å². The summed E-state index contributed by atoms with van der Waals surface area (Å²) in [4.78, 5) is 10.6. The van der Waals surface area contributed by atoms with E-state index in [0.29, 0.717) is 14.0 Å². The van der Waals surface area contributed by atoms with Crippen molar-refractivity contribution >= 4 is 49.4 Å². The summed E-state index contributed by atoms with van der Waals surface area (Å²) >= 11 is 12.0. The molecule has 1 aromatic rings. The molecule has 0 aliphatic carbocycles. The van der Waals surface area contributed by atoms with E-state index in [1.165, 1.54) is 0 Å². The number of carboxylic acid groups (broad SMARTS) is 1. The molecular weight excluding hydrogens is 339 g/mol. The average molecular weight is 344 g/mol. The van der Waals surface area contributed by atoms with E-state index < -0.39 is 12.1 Å². The number of halogens is 3. The third-order valence-electron chi connectivity index (χ3n) is 1.59. The van der Waals surface area contributed by atoms with E-state index in [0.717, 1.165) is 0 Å². The van der Waals surface area contributed by atoms with Crippen LogP contribution in [0.5, 0.6) is 0 Å². The summed E-state index contributed by atoms with van der Waals surface area (Å²) in [5.41, 5.74) is 0.213. The Balaban J connectivity index is 3.32. The van der Waals surface area contributed by atoms with Crippen LogP contribution in [0.25, 0.3) is 0 Å². The van der Waals surface area contributed by atoms with Gasteiger partial charge in [-0.3, -0.25) is 0 Å². The molecule has 0 aliphatic heterocycles. The molecule has 0 radical (unpaired) electrons. The largest absolute Gasteiger partial charge is 0.479 e. The number of carbonyl (C=O) groups is 1. The molecule has 76 valence electrons. The lowest BCUT2D eigenvalue weighted by molar-refractivity contribution is -0.147. The second-order valence-corrected chi connectivity index (χ2v) is 4.55. The van der Waals surface area contributed by atoms with Crippen molar-refractivity contribution in [3.63, 3.8) is 0 Å². The van der Waals surface area contributed by atoms with E-state index >= 15 is 0 Å². The molecule has 1 rings (SSSR count). The zero-order chi connectivity index (χ0) is 10.9. The third kappa shape index (κ3) is 2.28. The molecule has 6 heteroatoms. The van der Waals surface area contributed by atoms with Crippen LogP contribution in [0, 0.1) is 0 Å². The van der Waals surface area contributed by atoms with Gasteiger partial charge in [-0.25, -0.2) is 4.79 Å². The molecule has 0 bridgehead atoms. The molecule has 0 fully saturated rings. The minimum Gasteiger partial charge on any atom is -0.479 e. The van der Waals surface area contributed by atoms with Gasteiger partial charge in [-0.2, -0.15) is 0 Å². The second kappa shape index (κ2) is 4.61. The summed E-state index contributed by atoms with van der Waals surface area (Å²) in [5, 5.41) is 18.4. The Morgan fingerprint density at radius 3 is 2.50 bits per heavy atom. The molecule has 0 saturated heterocycles. The number of benzene rings is 1. The SMILES string of the molecule is O=C(O)C(O)c1c(Br)ccc(Cl)c1Br. The van der Waals surface area contributed by atoms with Crippen LogP contribution in [0.2, 0.25) is 5.02 Å². The van der Waals surface area contributed by atoms with E-state index in [4.69, 9.17) is 16.7 Å². The van der Waals surface area contributed by atoms with Gasteiger partial charge in [-0.1, -0.05) is 27.5 Å². The fourth-order valence-electron chi connectivity index (χ4n) is 0.917. The first-order chi connectivity index (χ1) is 6.45. The maximum Gasteiger partial charge on any atom is 0.337 e. The van der Waals surface area contributed by atoms with Crippen LogP contribution in [0.4, 0.5) is 0 Å². The Morgan fingerprint density at radius 2 is 2.00 bits per heavy atom. The Labute approximate surface area is 102 Å². The lowest BCUT2D eigenvalue weighted by Crippen LogP contribution is -2.11. The summed E-state index contributed by atoms with van der Waals surface area (Å²) in [5.74, 6) is -1.33. The topological polar surface area (TPSA) is 57.5 Å². The molecule has 0 spiro atoms. The first-order valence-electron chi connectivity index (χ1n) is 3.49. The van der Waals surface area contributed by atoms with Crippen molar-refractivity contribution < 1.29 is 15.0 Å². The number of aliphatic hydroxyl groups is 1. The van der Waals surface area contributed by atoms with Gasteiger partial charge in [0, 0.05) is 14.5 Å². The van der Waals surface area contributed by atoms with Gasteiger partial charge in [0.15, 0.2) is 6.10 Å². The minimum absolute atomic E-state index is 0.213. The first kappa shape index (κ1) is 12.0. The van der Waals surface area contributed by atoms with Crippen molar-refractivity contribution in [1.82, 2.24) is 0 Å². The molecule has 0 heterocycles. The van der Waals surface area contributed by atoms with Gasteiger partial charge in [-0.05, 0) is 28.1 Å². The number of aliphatic hydroxyl groups excluding tert-OH is 1. The van der Waals surface area contributed by atoms with Crippen LogP contribution < -0.4 is 0 Å². The van der Waals surface area contributed by atoms with Crippen LogP contribution >= 0.6 is 43.5 Å². The Hall–Kier alpha value is -0.100. The smallest absolute Gasteiger partial charge is 0.337 e. The quantitative estimate of drug-likeness (QED) is 0.811. The van der Waals surface area contributed by atoms with E-state index in [1.807, 2.05) is 0 Å². The van der Waals surface area contributed by atoms with Gasteiger partial charge in [0.1, 0.15) is 0 Å². The summed E-state index contributed by atoms with van der Waals surface area (Å²) in [7, 11) is 0. The lowest BCUT2D eigenvalue weighted by atomic mass is 10.1. The van der Waals surface area contributed by atoms with Gasteiger partial charge in [-0.15, -0.1) is 0 Å². The van der Waals surface area contributed by atoms with Crippen molar-refractivity contribution in [2.75, 3.05) is 0 Å². The highest BCUT2D eigenvalue weighted by Crippen LogP contribution is 2.36. The first-order valence-corrected chi connectivity index (χ1v) is 5.45. The van der Waals surface area contributed by atoms with Crippen molar-refractivity contribution in [3.8, 4) is 0 Å². The maximum absolute atomic E-state index is 10.6. The van der Waals surface area contributed by atoms with Crippen LogP contribution in [0.15, 0.2) is 21.1 Å². The van der Waals surface area contributed by atoms with Gasteiger partial charge >= 0.3 is 5.97 Å². The highest BCUT2D eigenvalue weighted by molar-refractivity contribution is 9.11. The molecule has 1 atom stereocenters. The molecule has 3 nitrogen and oxygen atoms in total. The van der Waals surface area contributed by atoms with Crippen LogP contribution in [-0.4, -0.2) is 16.2 Å². The van der Waals surface area contributed by atoms with Crippen molar-refractivity contribution in [3.05, 3.63) is 31.7 Å². The fraction of sp³-hybridized carbons (Fsp3) is 0.125. The predicted octanol–water partition coefficient (Wildman–Crippen LogP) is 2.98. The molecule has 2 N–H and O–H groups in total. The summed E-state index contributed by atoms with van der Waals surface area (Å²) in [6.45, 7) is 0. The predicted molar refractivity (Wildman–Crippen MR) is 59.4 cm³/mol. The van der Waals surface area contributed by atoms with E-state index in [9.17, 15) is 9.90 Å². The summed E-state index contributed by atoms with van der Waals surface area (Å²) in [6.07, 6.45) is -1.60. The summed E-state index contributed by atoms with van der Waals surface area (Å²) < 4.78 is 0.868. The highest BCUT2D eigenvalue weighted by atomic mass is 79.9. The van der Waals surface area contributed by atoms with Crippen molar-refractivity contribution in [2.24, 2.45) is 0 Å². The standard InChI is InChI=1S/C8H5Br2ClO3/c9-3-1-2-4(11)6(10)5(3)7(12)8(13)14/h1-2,7,12H,(H,13,14). The normalized spacial score (nSPS) is 12.6. The molecule has 0 aromatic heterocycles. The average Bonchev–Trinajstić information content (AvgIpc) is 2.12. The van der Waals surface area contributed by atoms with Gasteiger partial charge in [0.25, 0.3) is 0 Å². The highest BCUT2D eigenvalue weighted by Gasteiger charge is 2.22. The minimum atomic E-state index is -1.60. The zero-order valence-electron chi connectivity index (χ0n) is 6.67. The molecule has 14 heavy (non-hydrogen) atoms. The number of hydrogen-bond acceptors (Lipinski definition) is 2. The summed E-state index contributed by atoms with van der Waals surface area (Å²) in [6, 6.07) is 3.17. The Bertz CT molecular complexity index is 381. The molecule has 0 saturated carbocycles. The van der Waals surface area contributed by atoms with Gasteiger partial charge in [0.2, 0.25) is 0 Å². The van der Waals surface area contributed by atoms with E-state index in [1.54, 1.807) is 12.1 Å². The Morgan fingerprint density at radius 1 is 1.43 bits per heavy atom. The number of hydrogen-bond donors (Lipinski definition) is 2. The molecule has 0 amide bonds. The maximum atomic E-state index is 10.6. The monoisotopic (exact) mass is 342 g/mol. The third-order valence-corrected chi connectivity index (χ3v) is 3.68. The van der Waals surface area contributed by atoms with E-state index in [2.05, 4.69) is 31.9 Å². The molecule has 1 aromatic carbocycles. The van der Waals surface area contributed by atoms with Crippen LogP contribution in [0.3, 0.4) is 0 Å². The van der Waals surface area contributed by atoms with Crippen molar-refractivity contribution in [2.45, 2.75) is 6.10 Å². The molecular formula is C8H5Br2ClO3. The molecule has 0 aliphatic rings. The number of carboxylic acids is 1. The number of aliphatic carboxylic acids is 1. The lowest BCUT2D eigenvalue weighted by Gasteiger charge is -2.11. The molecule has 1 unspecified atom stereocenters.